The predicted octanol–water partition coefficient (Wildman–Crippen LogP) is 4.84. The predicted molar refractivity (Wildman–Crippen MR) is 126 cm³/mol. The molecule has 0 unspecified atom stereocenters. The van der Waals surface area contributed by atoms with Crippen molar-refractivity contribution in [2.24, 2.45) is 11.8 Å². The van der Waals surface area contributed by atoms with Crippen molar-refractivity contribution >= 4 is 14.3 Å². The minimum atomic E-state index is -1.86. The van der Waals surface area contributed by atoms with Gasteiger partial charge < -0.3 is 23.7 Å². The Labute approximate surface area is 190 Å². The van der Waals surface area contributed by atoms with Crippen molar-refractivity contribution in [3.05, 3.63) is 23.3 Å². The van der Waals surface area contributed by atoms with Crippen LogP contribution in [0.1, 0.15) is 53.9 Å². The van der Waals surface area contributed by atoms with Crippen LogP contribution in [0.25, 0.3) is 0 Å². The van der Waals surface area contributed by atoms with E-state index in [9.17, 15) is 9.90 Å². The zero-order chi connectivity index (χ0) is 23.9. The second-order valence-corrected chi connectivity index (χ2v) is 15.2. The average Bonchev–Trinajstić information content (AvgIpc) is 2.67. The lowest BCUT2D eigenvalue weighted by Gasteiger charge is -2.41. The lowest BCUT2D eigenvalue weighted by molar-refractivity contribution is -0.142. The first-order valence-electron chi connectivity index (χ1n) is 11.1. The molecule has 3 atom stereocenters. The molecule has 6 nitrogen and oxygen atoms in total. The first-order valence-corrected chi connectivity index (χ1v) is 14.0. The lowest BCUT2D eigenvalue weighted by atomic mass is 9.70. The van der Waals surface area contributed by atoms with E-state index in [2.05, 4.69) is 52.9 Å². The van der Waals surface area contributed by atoms with Crippen LogP contribution in [0.5, 0.6) is 0 Å². The van der Waals surface area contributed by atoms with Gasteiger partial charge in [0.15, 0.2) is 8.32 Å². The highest BCUT2D eigenvalue weighted by Crippen LogP contribution is 2.41. The van der Waals surface area contributed by atoms with Gasteiger partial charge in [0.2, 0.25) is 0 Å². The Morgan fingerprint density at radius 2 is 1.97 bits per heavy atom. The summed E-state index contributed by atoms with van der Waals surface area (Å²) in [7, 11) is 1.11. The molecule has 180 valence electrons. The highest BCUT2D eigenvalue weighted by atomic mass is 28.4. The van der Waals surface area contributed by atoms with Crippen molar-refractivity contribution in [2.75, 3.05) is 34.2 Å². The fourth-order valence-corrected chi connectivity index (χ4v) is 4.56. The Hall–Kier alpha value is -0.993. The topological polar surface area (TPSA) is 74.2 Å². The largest absolute Gasteiger partial charge is 0.469 e. The molecule has 0 saturated heterocycles. The van der Waals surface area contributed by atoms with Crippen molar-refractivity contribution in [3.8, 4) is 0 Å². The van der Waals surface area contributed by atoms with Gasteiger partial charge in [0, 0.05) is 19.4 Å². The molecule has 0 bridgehead atoms. The van der Waals surface area contributed by atoms with Crippen LogP contribution in [0.2, 0.25) is 18.1 Å². The Morgan fingerprint density at radius 1 is 1.32 bits per heavy atom. The Morgan fingerprint density at radius 3 is 2.52 bits per heavy atom. The second-order valence-electron chi connectivity index (χ2n) is 10.4. The summed E-state index contributed by atoms with van der Waals surface area (Å²) >= 11 is 0. The van der Waals surface area contributed by atoms with E-state index < -0.39 is 13.9 Å². The van der Waals surface area contributed by atoms with Gasteiger partial charge in [0.25, 0.3) is 0 Å². The minimum Gasteiger partial charge on any atom is -0.469 e. The van der Waals surface area contributed by atoms with Crippen LogP contribution in [-0.4, -0.2) is 59.2 Å². The molecule has 1 aliphatic rings. The summed E-state index contributed by atoms with van der Waals surface area (Å²) in [4.78, 5) is 11.7. The molecule has 1 rings (SSSR count). The number of rotatable bonds is 11. The van der Waals surface area contributed by atoms with E-state index in [1.54, 1.807) is 7.11 Å². The molecule has 1 N–H and O–H groups in total. The van der Waals surface area contributed by atoms with Gasteiger partial charge in [0.05, 0.1) is 25.9 Å². The molecule has 31 heavy (non-hydrogen) atoms. The van der Waals surface area contributed by atoms with E-state index in [1.165, 1.54) is 7.11 Å². The van der Waals surface area contributed by atoms with Gasteiger partial charge >= 0.3 is 5.97 Å². The molecule has 0 aromatic heterocycles. The van der Waals surface area contributed by atoms with Gasteiger partial charge in [-0.3, -0.25) is 4.79 Å². The number of aliphatic hydroxyl groups is 1. The van der Waals surface area contributed by atoms with Crippen LogP contribution in [0.3, 0.4) is 0 Å². The van der Waals surface area contributed by atoms with Crippen LogP contribution in [0, 0.1) is 11.8 Å². The number of carbonyl (C=O) groups is 1. The smallest absolute Gasteiger partial charge is 0.305 e. The van der Waals surface area contributed by atoms with Crippen molar-refractivity contribution in [2.45, 2.75) is 77.6 Å². The number of hydrogen-bond donors (Lipinski definition) is 1. The standard InChI is InChI=1S/C24H44O6Si/c1-18(15-30-31(8,9)23(3,4)5)12-21-13-20(16-29-17-27-6)19(2)14-24(21,26)11-10-22(25)28-7/h12-13,19,21,26H,10-11,14-17H2,1-9H3/b18-12+/t19-,21-,24+/m1/s1. The normalized spacial score (nSPS) is 25.4. The zero-order valence-electron chi connectivity index (χ0n) is 21.0. The molecule has 0 aromatic rings. The van der Waals surface area contributed by atoms with Crippen LogP contribution in [0.15, 0.2) is 23.3 Å². The summed E-state index contributed by atoms with van der Waals surface area (Å²) in [6.07, 6.45) is 5.28. The van der Waals surface area contributed by atoms with Gasteiger partial charge in [-0.2, -0.15) is 0 Å². The van der Waals surface area contributed by atoms with Gasteiger partial charge in [-0.05, 0) is 49.4 Å². The first-order chi connectivity index (χ1) is 14.3. The van der Waals surface area contributed by atoms with Crippen LogP contribution in [0.4, 0.5) is 0 Å². The third-order valence-corrected chi connectivity index (χ3v) is 11.2. The van der Waals surface area contributed by atoms with Gasteiger partial charge in [-0.25, -0.2) is 0 Å². The van der Waals surface area contributed by atoms with Crippen molar-refractivity contribution in [1.82, 2.24) is 0 Å². The molecule has 0 fully saturated rings. The van der Waals surface area contributed by atoms with E-state index >= 15 is 0 Å². The van der Waals surface area contributed by atoms with Crippen LogP contribution >= 0.6 is 0 Å². The Balaban J connectivity index is 3.08. The summed E-state index contributed by atoms with van der Waals surface area (Å²) < 4.78 is 21.7. The molecule has 0 amide bonds. The Bertz CT molecular complexity index is 649. The fourth-order valence-electron chi connectivity index (χ4n) is 3.54. The summed E-state index contributed by atoms with van der Waals surface area (Å²) in [6.45, 7) is 16.5. The van der Waals surface area contributed by atoms with Crippen molar-refractivity contribution in [1.29, 1.82) is 0 Å². The molecule has 0 radical (unpaired) electrons. The third-order valence-electron chi connectivity index (χ3n) is 6.70. The second kappa shape index (κ2) is 11.7. The summed E-state index contributed by atoms with van der Waals surface area (Å²) in [5.41, 5.74) is 1.20. The van der Waals surface area contributed by atoms with Crippen molar-refractivity contribution in [3.63, 3.8) is 0 Å². The quantitative estimate of drug-likeness (QED) is 0.158. The average molecular weight is 457 g/mol. The van der Waals surface area contributed by atoms with Crippen LogP contribution < -0.4 is 0 Å². The van der Waals surface area contributed by atoms with Crippen LogP contribution in [-0.2, 0) is 23.4 Å². The lowest BCUT2D eigenvalue weighted by Crippen LogP contribution is -2.43. The number of ether oxygens (including phenoxy) is 3. The van der Waals surface area contributed by atoms with Crippen molar-refractivity contribution < 1.29 is 28.5 Å². The SMILES string of the molecule is COCOCC1=C[C@@H](/C=C(\C)CO[Si](C)(C)C(C)(C)C)[C@](O)(CCC(=O)OC)C[C@H]1C. The fraction of sp³-hybridized carbons (Fsp3) is 0.792. The van der Waals surface area contributed by atoms with Gasteiger partial charge in [-0.1, -0.05) is 45.4 Å². The number of hydrogen-bond acceptors (Lipinski definition) is 6. The monoisotopic (exact) mass is 456 g/mol. The number of esters is 1. The molecular formula is C24H44O6Si. The maximum atomic E-state index is 11.7. The molecule has 0 aromatic carbocycles. The van der Waals surface area contributed by atoms with E-state index in [4.69, 9.17) is 18.6 Å². The molecule has 7 heteroatoms. The Kier molecular flexibility index (Phi) is 10.6. The third kappa shape index (κ3) is 8.46. The maximum Gasteiger partial charge on any atom is 0.305 e. The van der Waals surface area contributed by atoms with Gasteiger partial charge in [0.1, 0.15) is 6.79 Å². The zero-order valence-corrected chi connectivity index (χ0v) is 22.0. The number of carbonyl (C=O) groups excluding carboxylic acids is 1. The summed E-state index contributed by atoms with van der Waals surface area (Å²) in [6, 6.07) is 0. The van der Waals surface area contributed by atoms with E-state index in [-0.39, 0.29) is 36.1 Å². The molecule has 0 aliphatic heterocycles. The molecule has 1 aliphatic carbocycles. The summed E-state index contributed by atoms with van der Waals surface area (Å²) in [5.74, 6) is -0.384. The minimum absolute atomic E-state index is 0.139. The molecule has 0 spiro atoms. The molecular weight excluding hydrogens is 412 g/mol. The maximum absolute atomic E-state index is 11.7. The highest BCUT2D eigenvalue weighted by Gasteiger charge is 2.41. The van der Waals surface area contributed by atoms with E-state index in [1.807, 2.05) is 6.92 Å². The summed E-state index contributed by atoms with van der Waals surface area (Å²) in [5, 5.41) is 11.7. The number of methoxy groups -OCH3 is 2. The van der Waals surface area contributed by atoms with Gasteiger partial charge in [-0.15, -0.1) is 0 Å². The van der Waals surface area contributed by atoms with E-state index in [0.29, 0.717) is 26.1 Å². The molecule has 0 heterocycles. The first kappa shape index (κ1) is 28.0. The molecule has 0 saturated carbocycles. The highest BCUT2D eigenvalue weighted by molar-refractivity contribution is 6.74. The van der Waals surface area contributed by atoms with E-state index in [0.717, 1.165) is 11.1 Å².